The van der Waals surface area contributed by atoms with E-state index < -0.39 is 0 Å². The molecule has 0 bridgehead atoms. The van der Waals surface area contributed by atoms with Crippen LogP contribution >= 0.6 is 23.4 Å². The van der Waals surface area contributed by atoms with E-state index >= 15 is 0 Å². The Hall–Kier alpha value is -2.74. The maximum atomic E-state index is 11.2. The van der Waals surface area contributed by atoms with Crippen molar-refractivity contribution in [2.24, 2.45) is 0 Å². The molecule has 200 valence electrons. The first-order chi connectivity index (χ1) is 18.6. The van der Waals surface area contributed by atoms with E-state index in [1.54, 1.807) is 18.8 Å². The van der Waals surface area contributed by atoms with Gasteiger partial charge in [-0.2, -0.15) is 0 Å². The van der Waals surface area contributed by atoms with Crippen LogP contribution in [0.5, 0.6) is 5.75 Å². The summed E-state index contributed by atoms with van der Waals surface area (Å²) in [5, 5.41) is 6.10. The lowest BCUT2D eigenvalue weighted by Gasteiger charge is -2.22. The minimum Gasteiger partial charge on any atom is -0.490 e. The normalized spacial score (nSPS) is 15.6. The summed E-state index contributed by atoms with van der Waals surface area (Å²) in [6, 6.07) is 16.3. The minimum atomic E-state index is -0.361. The number of halogens is 1. The highest BCUT2D eigenvalue weighted by atomic mass is 35.5. The third kappa shape index (κ3) is 6.82. The molecule has 3 aromatic rings. The number of rotatable bonds is 13. The Morgan fingerprint density at radius 1 is 1.13 bits per heavy atom. The molecule has 2 aliphatic carbocycles. The van der Waals surface area contributed by atoms with Crippen molar-refractivity contribution in [2.45, 2.75) is 61.7 Å². The molecule has 1 heterocycles. The second kappa shape index (κ2) is 12.4. The third-order valence-electron chi connectivity index (χ3n) is 6.88. The number of urea groups is 1. The quantitative estimate of drug-likeness (QED) is 0.178. The summed E-state index contributed by atoms with van der Waals surface area (Å²) in [5.41, 5.74) is 3.95. The topological polar surface area (TPSA) is 72.5 Å². The van der Waals surface area contributed by atoms with Crippen LogP contribution in [0.1, 0.15) is 49.7 Å². The molecule has 1 aromatic heterocycles. The minimum absolute atomic E-state index is 0.136. The van der Waals surface area contributed by atoms with Gasteiger partial charge in [-0.3, -0.25) is 4.98 Å². The van der Waals surface area contributed by atoms with E-state index in [9.17, 15) is 4.79 Å². The van der Waals surface area contributed by atoms with Gasteiger partial charge in [0.05, 0.1) is 18.3 Å². The van der Waals surface area contributed by atoms with Gasteiger partial charge >= 0.3 is 6.03 Å². The number of para-hydroxylation sites is 1. The molecule has 0 unspecified atom stereocenters. The van der Waals surface area contributed by atoms with Crippen molar-refractivity contribution in [3.05, 3.63) is 77.1 Å². The number of aromatic nitrogens is 1. The van der Waals surface area contributed by atoms with Crippen molar-refractivity contribution < 1.29 is 14.3 Å². The summed E-state index contributed by atoms with van der Waals surface area (Å²) in [6.07, 6.45) is 10.2. The van der Waals surface area contributed by atoms with Crippen LogP contribution in [-0.2, 0) is 16.9 Å². The van der Waals surface area contributed by atoms with Crippen molar-refractivity contribution in [3.63, 3.8) is 0 Å². The summed E-state index contributed by atoms with van der Waals surface area (Å²) >= 11 is 8.37. The molecule has 38 heavy (non-hydrogen) atoms. The highest BCUT2D eigenvalue weighted by Crippen LogP contribution is 2.53. The van der Waals surface area contributed by atoms with E-state index in [0.29, 0.717) is 19.3 Å². The Morgan fingerprint density at radius 2 is 1.97 bits per heavy atom. The maximum Gasteiger partial charge on any atom is 0.314 e. The van der Waals surface area contributed by atoms with Crippen LogP contribution in [0.2, 0.25) is 5.02 Å². The van der Waals surface area contributed by atoms with Crippen LogP contribution < -0.4 is 15.4 Å². The number of amides is 2. The Balaban J connectivity index is 1.23. The fourth-order valence-corrected chi connectivity index (χ4v) is 5.58. The molecule has 2 saturated carbocycles. The first kappa shape index (κ1) is 26.9. The molecule has 0 aliphatic heterocycles. The zero-order valence-electron chi connectivity index (χ0n) is 21.7. The lowest BCUT2D eigenvalue weighted by molar-refractivity contribution is 0.0173. The number of ether oxygens (including phenoxy) is 2. The summed E-state index contributed by atoms with van der Waals surface area (Å²) in [6.45, 7) is 1.12. The van der Waals surface area contributed by atoms with Gasteiger partial charge in [0.25, 0.3) is 0 Å². The Labute approximate surface area is 233 Å². The first-order valence-corrected chi connectivity index (χ1v) is 14.7. The van der Waals surface area contributed by atoms with Crippen molar-refractivity contribution in [1.29, 1.82) is 0 Å². The molecule has 0 radical (unpaired) electrons. The van der Waals surface area contributed by atoms with Crippen molar-refractivity contribution >= 4 is 29.4 Å². The van der Waals surface area contributed by atoms with E-state index in [1.807, 2.05) is 24.5 Å². The number of carbonyl (C=O) groups is 1. The van der Waals surface area contributed by atoms with E-state index in [4.69, 9.17) is 21.1 Å². The zero-order chi connectivity index (χ0) is 26.4. The summed E-state index contributed by atoms with van der Waals surface area (Å²) in [4.78, 5) is 16.9. The monoisotopic (exact) mass is 551 g/mol. The van der Waals surface area contributed by atoms with Gasteiger partial charge < -0.3 is 20.1 Å². The molecule has 5 rings (SSSR count). The predicted molar refractivity (Wildman–Crippen MR) is 153 cm³/mol. The van der Waals surface area contributed by atoms with Crippen LogP contribution in [0.25, 0.3) is 11.1 Å². The molecule has 0 saturated heterocycles. The van der Waals surface area contributed by atoms with Gasteiger partial charge in [-0.1, -0.05) is 29.8 Å². The van der Waals surface area contributed by atoms with Gasteiger partial charge in [-0.05, 0) is 85.7 Å². The van der Waals surface area contributed by atoms with Gasteiger partial charge in [0.15, 0.2) is 0 Å². The molecule has 8 heteroatoms. The average Bonchev–Trinajstić information content (AvgIpc) is 3.88. The number of pyridine rings is 1. The molecular weight excluding hydrogens is 518 g/mol. The van der Waals surface area contributed by atoms with Gasteiger partial charge in [-0.15, -0.1) is 11.8 Å². The lowest BCUT2D eigenvalue weighted by atomic mass is 9.96. The predicted octanol–water partition coefficient (Wildman–Crippen LogP) is 6.95. The van der Waals surface area contributed by atoms with Crippen molar-refractivity contribution in [1.82, 2.24) is 15.6 Å². The van der Waals surface area contributed by atoms with Gasteiger partial charge in [-0.25, -0.2) is 4.79 Å². The number of hydrogen-bond acceptors (Lipinski definition) is 5. The van der Waals surface area contributed by atoms with Crippen LogP contribution in [0.4, 0.5) is 4.79 Å². The first-order valence-electron chi connectivity index (χ1n) is 13.3. The second-order valence-corrected chi connectivity index (χ2v) is 11.4. The van der Waals surface area contributed by atoms with Gasteiger partial charge in [0, 0.05) is 47.0 Å². The molecular formula is C30H34ClN3O3S. The number of carbonyl (C=O) groups excluding carboxylic acids is 1. The Morgan fingerprint density at radius 3 is 2.76 bits per heavy atom. The number of benzene rings is 2. The summed E-state index contributed by atoms with van der Waals surface area (Å²) < 4.78 is 12.8. The fraction of sp³-hybridized carbons (Fsp3) is 0.400. The summed E-state index contributed by atoms with van der Waals surface area (Å²) in [5.74, 6) is 1.90. The van der Waals surface area contributed by atoms with Gasteiger partial charge in [0.1, 0.15) is 5.75 Å². The number of thioether (sulfide) groups is 1. The number of nitrogens with zero attached hydrogens (tertiary/aromatic N) is 1. The lowest BCUT2D eigenvalue weighted by Crippen LogP contribution is -2.33. The molecule has 2 aliphatic rings. The zero-order valence-corrected chi connectivity index (χ0v) is 23.2. The SMILES string of the molecule is CNC(=O)NCCCCSc1ccc(Cl)c(COC2(c3cnccc3-c3ccccc3OC3CC3)CC2)c1. The number of hydrogen-bond donors (Lipinski definition) is 2. The third-order valence-corrected chi connectivity index (χ3v) is 8.33. The van der Waals surface area contributed by atoms with E-state index in [-0.39, 0.29) is 11.6 Å². The molecule has 0 spiro atoms. The Kier molecular flexibility index (Phi) is 8.77. The summed E-state index contributed by atoms with van der Waals surface area (Å²) in [7, 11) is 1.62. The highest BCUT2D eigenvalue weighted by molar-refractivity contribution is 7.99. The maximum absolute atomic E-state index is 11.2. The molecule has 2 fully saturated rings. The van der Waals surface area contributed by atoms with E-state index in [2.05, 4.69) is 52.0 Å². The van der Waals surface area contributed by atoms with Crippen molar-refractivity contribution in [2.75, 3.05) is 19.3 Å². The van der Waals surface area contributed by atoms with Crippen LogP contribution in [0.15, 0.2) is 65.8 Å². The van der Waals surface area contributed by atoms with Crippen molar-refractivity contribution in [3.8, 4) is 16.9 Å². The number of unbranched alkanes of at least 4 members (excludes halogenated alkanes) is 1. The Bertz CT molecular complexity index is 1260. The van der Waals surface area contributed by atoms with Gasteiger partial charge in [0.2, 0.25) is 0 Å². The molecule has 2 aromatic carbocycles. The number of nitrogens with one attached hydrogen (secondary N) is 2. The standard InChI is InChI=1S/C30H34ClN3O3S/c1-32-29(35)34-15-4-5-17-38-23-10-11-27(31)21(18-23)20-36-30(13-14-30)26-19-33-16-12-24(26)25-6-2-3-7-28(25)37-22-8-9-22/h2-3,6-7,10-12,16,18-19,22H,4-5,8-9,13-15,17,20H2,1H3,(H2,32,34,35). The smallest absolute Gasteiger partial charge is 0.314 e. The van der Waals surface area contributed by atoms with Crippen LogP contribution in [0.3, 0.4) is 0 Å². The fourth-order valence-electron chi connectivity index (χ4n) is 4.43. The van der Waals surface area contributed by atoms with E-state index in [1.165, 1.54) is 4.90 Å². The molecule has 0 atom stereocenters. The largest absolute Gasteiger partial charge is 0.490 e. The molecule has 2 N–H and O–H groups in total. The van der Waals surface area contributed by atoms with E-state index in [0.717, 1.165) is 77.3 Å². The second-order valence-electron chi connectivity index (χ2n) is 9.83. The highest BCUT2D eigenvalue weighted by Gasteiger charge is 2.47. The van der Waals surface area contributed by atoms with Crippen LogP contribution in [-0.4, -0.2) is 36.5 Å². The molecule has 6 nitrogen and oxygen atoms in total. The van der Waals surface area contributed by atoms with Crippen LogP contribution in [0, 0.1) is 0 Å². The molecule has 2 amide bonds. The average molecular weight is 552 g/mol.